The molecule has 1 aliphatic rings. The Morgan fingerprint density at radius 2 is 2.53 bits per heavy atom. The highest BCUT2D eigenvalue weighted by molar-refractivity contribution is 7.99. The van der Waals surface area contributed by atoms with Gasteiger partial charge in [-0.05, 0) is 18.6 Å². The first-order valence-electron chi connectivity index (χ1n) is 5.49. The smallest absolute Gasteiger partial charge is 0.207 e. The van der Waals surface area contributed by atoms with E-state index in [0.717, 1.165) is 18.0 Å². The number of aliphatic hydroxyl groups is 1. The van der Waals surface area contributed by atoms with Crippen LogP contribution < -0.4 is 0 Å². The molecule has 1 fully saturated rings. The Morgan fingerprint density at radius 3 is 3.20 bits per heavy atom. The summed E-state index contributed by atoms with van der Waals surface area (Å²) in [5, 5.41) is 9.45. The minimum absolute atomic E-state index is 0.0797. The fourth-order valence-electron chi connectivity index (χ4n) is 1.70. The molecule has 2 rings (SSSR count). The molecule has 2 atom stereocenters. The van der Waals surface area contributed by atoms with E-state index in [1.54, 1.807) is 6.26 Å². The number of aromatic nitrogens is 1. The van der Waals surface area contributed by atoms with E-state index in [0.29, 0.717) is 5.25 Å². The summed E-state index contributed by atoms with van der Waals surface area (Å²) in [7, 11) is 0. The van der Waals surface area contributed by atoms with E-state index in [4.69, 9.17) is 9.52 Å². The molecule has 1 saturated heterocycles. The van der Waals surface area contributed by atoms with Gasteiger partial charge >= 0.3 is 0 Å². The molecule has 84 valence electrons. The molecule has 15 heavy (non-hydrogen) atoms. The second-order valence-corrected chi connectivity index (χ2v) is 5.36. The minimum Gasteiger partial charge on any atom is -0.447 e. The third-order valence-electron chi connectivity index (χ3n) is 2.77. The van der Waals surface area contributed by atoms with Crippen molar-refractivity contribution in [3.8, 4) is 0 Å². The first-order valence-corrected chi connectivity index (χ1v) is 6.54. The van der Waals surface area contributed by atoms with Crippen LogP contribution in [0.2, 0.25) is 0 Å². The first-order chi connectivity index (χ1) is 7.31. The molecule has 2 unspecified atom stereocenters. The third-order valence-corrected chi connectivity index (χ3v) is 4.14. The maximum Gasteiger partial charge on any atom is 0.207 e. The molecule has 1 aliphatic heterocycles. The summed E-state index contributed by atoms with van der Waals surface area (Å²) in [4.78, 5) is 4.46. The number of rotatable bonds is 3. The molecule has 1 aromatic heterocycles. The highest BCUT2D eigenvalue weighted by Crippen LogP contribution is 2.38. The van der Waals surface area contributed by atoms with Crippen LogP contribution in [-0.2, 0) is 0 Å². The van der Waals surface area contributed by atoms with Gasteiger partial charge in [-0.3, -0.25) is 0 Å². The average Bonchev–Trinajstić information content (AvgIpc) is 2.78. The van der Waals surface area contributed by atoms with E-state index in [1.807, 2.05) is 18.7 Å². The lowest BCUT2D eigenvalue weighted by molar-refractivity contribution is 0.271. The van der Waals surface area contributed by atoms with Crippen LogP contribution in [0, 0.1) is 0 Å². The Bertz CT molecular complexity index is 307. The van der Waals surface area contributed by atoms with Gasteiger partial charge in [0.15, 0.2) is 0 Å². The molecular formula is C11H17NO2S. The van der Waals surface area contributed by atoms with Crippen LogP contribution >= 0.6 is 11.8 Å². The maximum atomic E-state index is 9.02. The Hall–Kier alpha value is -0.480. The van der Waals surface area contributed by atoms with Crippen LogP contribution in [0.15, 0.2) is 10.7 Å². The van der Waals surface area contributed by atoms with Crippen molar-refractivity contribution in [2.45, 2.75) is 37.4 Å². The molecular weight excluding hydrogens is 210 g/mol. The summed E-state index contributed by atoms with van der Waals surface area (Å²) in [5.41, 5.74) is 0.874. The lowest BCUT2D eigenvalue weighted by Crippen LogP contribution is -2.04. The van der Waals surface area contributed by atoms with Crippen LogP contribution in [0.5, 0.6) is 0 Å². The van der Waals surface area contributed by atoms with Gasteiger partial charge in [-0.1, -0.05) is 13.3 Å². The highest BCUT2D eigenvalue weighted by atomic mass is 32.2. The van der Waals surface area contributed by atoms with Crippen LogP contribution in [0.4, 0.5) is 0 Å². The normalized spacial score (nSPS) is 24.0. The number of aliphatic hydroxyl groups excluding tert-OH is 1. The van der Waals surface area contributed by atoms with Crippen LogP contribution in [-0.4, -0.2) is 22.5 Å². The van der Waals surface area contributed by atoms with Crippen molar-refractivity contribution in [1.82, 2.24) is 4.98 Å². The standard InChI is InChI=1S/C11H17NO2S/c1-8(6-13)9-7-14-11(12-9)10-4-2-3-5-15-10/h7-8,10,13H,2-6H2,1H3. The zero-order valence-electron chi connectivity index (χ0n) is 8.98. The molecule has 0 bridgehead atoms. The zero-order chi connectivity index (χ0) is 10.7. The van der Waals surface area contributed by atoms with Crippen LogP contribution in [0.1, 0.15) is 48.9 Å². The summed E-state index contributed by atoms with van der Waals surface area (Å²) >= 11 is 1.93. The van der Waals surface area contributed by atoms with Crippen molar-refractivity contribution < 1.29 is 9.52 Å². The SMILES string of the molecule is CC(CO)c1coc(C2CCCCS2)n1. The van der Waals surface area contributed by atoms with E-state index in [9.17, 15) is 0 Å². The molecule has 0 radical (unpaired) electrons. The molecule has 0 amide bonds. The monoisotopic (exact) mass is 227 g/mol. The largest absolute Gasteiger partial charge is 0.447 e. The number of oxazole rings is 1. The summed E-state index contributed by atoms with van der Waals surface area (Å²) in [6.07, 6.45) is 5.43. The molecule has 3 nitrogen and oxygen atoms in total. The molecule has 0 aromatic carbocycles. The van der Waals surface area contributed by atoms with Gasteiger partial charge in [-0.15, -0.1) is 11.8 Å². The fourth-order valence-corrected chi connectivity index (χ4v) is 2.94. The lowest BCUT2D eigenvalue weighted by Gasteiger charge is -2.17. The predicted molar refractivity (Wildman–Crippen MR) is 61.1 cm³/mol. The quantitative estimate of drug-likeness (QED) is 0.862. The Morgan fingerprint density at radius 1 is 1.67 bits per heavy atom. The molecule has 0 spiro atoms. The molecule has 0 saturated carbocycles. The van der Waals surface area contributed by atoms with Gasteiger partial charge in [-0.25, -0.2) is 4.98 Å². The van der Waals surface area contributed by atoms with Gasteiger partial charge in [0.25, 0.3) is 0 Å². The molecule has 2 heterocycles. The Balaban J connectivity index is 2.05. The van der Waals surface area contributed by atoms with Crippen molar-refractivity contribution in [3.05, 3.63) is 17.8 Å². The van der Waals surface area contributed by atoms with E-state index in [-0.39, 0.29) is 12.5 Å². The third kappa shape index (κ3) is 2.55. The summed E-state index contributed by atoms with van der Waals surface area (Å²) in [6.45, 7) is 2.08. The Labute approximate surface area is 94.3 Å². The first kappa shape index (κ1) is 11.0. The van der Waals surface area contributed by atoms with Gasteiger partial charge in [0, 0.05) is 5.92 Å². The zero-order valence-corrected chi connectivity index (χ0v) is 9.80. The minimum atomic E-state index is 0.0797. The predicted octanol–water partition coefficient (Wildman–Crippen LogP) is 2.73. The Kier molecular flexibility index (Phi) is 3.70. The second kappa shape index (κ2) is 5.03. The van der Waals surface area contributed by atoms with Crippen molar-refractivity contribution in [2.24, 2.45) is 0 Å². The fraction of sp³-hybridized carbons (Fsp3) is 0.727. The number of thioether (sulfide) groups is 1. The van der Waals surface area contributed by atoms with Crippen molar-refractivity contribution in [2.75, 3.05) is 12.4 Å². The van der Waals surface area contributed by atoms with Crippen molar-refractivity contribution >= 4 is 11.8 Å². The van der Waals surface area contributed by atoms with E-state index in [2.05, 4.69) is 4.98 Å². The molecule has 0 aliphatic carbocycles. The van der Waals surface area contributed by atoms with E-state index < -0.39 is 0 Å². The van der Waals surface area contributed by atoms with Gasteiger partial charge in [0.1, 0.15) is 6.26 Å². The second-order valence-electron chi connectivity index (χ2n) is 4.05. The van der Waals surface area contributed by atoms with Gasteiger partial charge in [0.05, 0.1) is 17.6 Å². The molecule has 4 heteroatoms. The van der Waals surface area contributed by atoms with Crippen LogP contribution in [0.3, 0.4) is 0 Å². The highest BCUT2D eigenvalue weighted by Gasteiger charge is 2.21. The van der Waals surface area contributed by atoms with Gasteiger partial charge in [0.2, 0.25) is 5.89 Å². The number of hydrogen-bond donors (Lipinski definition) is 1. The van der Waals surface area contributed by atoms with Gasteiger partial charge in [-0.2, -0.15) is 0 Å². The van der Waals surface area contributed by atoms with Gasteiger partial charge < -0.3 is 9.52 Å². The maximum absolute atomic E-state index is 9.02. The number of nitrogens with zero attached hydrogens (tertiary/aromatic N) is 1. The average molecular weight is 227 g/mol. The van der Waals surface area contributed by atoms with E-state index >= 15 is 0 Å². The summed E-state index contributed by atoms with van der Waals surface area (Å²) < 4.78 is 5.48. The van der Waals surface area contributed by atoms with Crippen molar-refractivity contribution in [1.29, 1.82) is 0 Å². The van der Waals surface area contributed by atoms with E-state index in [1.165, 1.54) is 18.6 Å². The molecule has 1 N–H and O–H groups in total. The van der Waals surface area contributed by atoms with Crippen molar-refractivity contribution in [3.63, 3.8) is 0 Å². The summed E-state index contributed by atoms with van der Waals surface area (Å²) in [6, 6.07) is 0. The lowest BCUT2D eigenvalue weighted by atomic mass is 10.1. The number of hydrogen-bond acceptors (Lipinski definition) is 4. The van der Waals surface area contributed by atoms with Crippen LogP contribution in [0.25, 0.3) is 0 Å². The summed E-state index contributed by atoms with van der Waals surface area (Å²) in [5.74, 6) is 2.13. The molecule has 1 aromatic rings. The topological polar surface area (TPSA) is 46.3 Å².